The summed E-state index contributed by atoms with van der Waals surface area (Å²) in [4.78, 5) is 70.2. The lowest BCUT2D eigenvalue weighted by Crippen LogP contribution is -2.74. The molecule has 6 unspecified atom stereocenters. The summed E-state index contributed by atoms with van der Waals surface area (Å²) in [6.45, 7) is 0. The number of phenols is 1. The van der Waals surface area contributed by atoms with Crippen LogP contribution in [0.15, 0.2) is 36.4 Å². The van der Waals surface area contributed by atoms with Gasteiger partial charge in [-0.25, -0.2) is 0 Å². The van der Waals surface area contributed by atoms with Gasteiger partial charge in [-0.3, -0.25) is 28.9 Å². The molecule has 4 N–H and O–H groups in total. The van der Waals surface area contributed by atoms with E-state index < -0.39 is 64.4 Å². The molecule has 0 aromatic heterocycles. The molecule has 2 saturated carbocycles. The number of nitrogens with two attached hydrogens (primary N) is 1. The smallest absolute Gasteiger partial charge is 0.235 e. The van der Waals surface area contributed by atoms with Crippen LogP contribution in [-0.4, -0.2) is 84.0 Å². The summed E-state index contributed by atoms with van der Waals surface area (Å²) in [5.41, 5.74) is 4.90. The molecule has 5 rings (SSSR count). The fourth-order valence-electron chi connectivity index (χ4n) is 6.98. The number of aliphatic hydroxyl groups is 1. The first kappa shape index (κ1) is 29.2. The lowest BCUT2D eigenvalue weighted by molar-refractivity contribution is -0.181. The number of phenolic OH excluding ortho intramolecular Hbond substituents is 1. The molecule has 10 heteroatoms. The molecule has 0 heterocycles. The Morgan fingerprint density at radius 2 is 1.74 bits per heavy atom. The molecule has 0 radical (unpaired) electrons. The molecule has 1 amide bonds. The third-order valence-electron chi connectivity index (χ3n) is 8.88. The summed E-state index contributed by atoms with van der Waals surface area (Å²) in [7, 11) is 6.69. The standard InChI is InChI=1S/C32H33N3O7/c1-34(2)21-15-17(12-8-11-16-9-6-5-7-10-16)26(36)23-19(21)13-18-14-20-25(35(3)4)28(38)24(31(33)41)30(40)32(20,42)29(39)22(18)27(23)37/h5-7,9-10,15,18,20,22,24-25,36,42H,11,13-14H2,1-4H3,(H2,33,41). The van der Waals surface area contributed by atoms with Crippen LogP contribution < -0.4 is 10.6 Å². The number of Topliss-reactive ketones (excluding diaryl/α,β-unsaturated/α-hetero) is 4. The van der Waals surface area contributed by atoms with Gasteiger partial charge in [0, 0.05) is 32.1 Å². The van der Waals surface area contributed by atoms with Gasteiger partial charge in [0.15, 0.2) is 34.7 Å². The minimum Gasteiger partial charge on any atom is -0.506 e. The van der Waals surface area contributed by atoms with Gasteiger partial charge in [0.1, 0.15) is 5.75 Å². The van der Waals surface area contributed by atoms with E-state index in [2.05, 4.69) is 11.8 Å². The van der Waals surface area contributed by atoms with E-state index in [9.17, 15) is 34.2 Å². The second-order valence-corrected chi connectivity index (χ2v) is 11.8. The SMILES string of the molecule is CN(C)c1cc(C#CCc2ccccc2)c(O)c2c1CC1CC3C(N(C)C)C(=O)C(C(N)=O)C(=O)C3(O)C(=O)C1C2=O. The second kappa shape index (κ2) is 10.5. The van der Waals surface area contributed by atoms with Crippen molar-refractivity contribution in [1.82, 2.24) is 4.90 Å². The number of nitrogens with zero attached hydrogens (tertiary/aromatic N) is 2. The summed E-state index contributed by atoms with van der Waals surface area (Å²) in [6, 6.07) is 10.1. The van der Waals surface area contributed by atoms with Crippen molar-refractivity contribution >= 4 is 34.7 Å². The molecule has 0 bridgehead atoms. The highest BCUT2D eigenvalue weighted by Gasteiger charge is 2.69. The molecule has 218 valence electrons. The fourth-order valence-corrected chi connectivity index (χ4v) is 6.98. The summed E-state index contributed by atoms with van der Waals surface area (Å²) < 4.78 is 0. The largest absolute Gasteiger partial charge is 0.506 e. The minimum atomic E-state index is -2.76. The number of hydrogen-bond acceptors (Lipinski definition) is 9. The Morgan fingerprint density at radius 3 is 2.33 bits per heavy atom. The number of benzene rings is 2. The van der Waals surface area contributed by atoms with E-state index in [1.54, 1.807) is 39.2 Å². The number of carbonyl (C=O) groups is 5. The van der Waals surface area contributed by atoms with Gasteiger partial charge in [-0.15, -0.1) is 0 Å². The quantitative estimate of drug-likeness (QED) is 0.352. The Bertz CT molecular complexity index is 1590. The molecule has 2 aromatic rings. The Kier molecular flexibility index (Phi) is 7.29. The van der Waals surface area contributed by atoms with Gasteiger partial charge in [-0.05, 0) is 50.0 Å². The average molecular weight is 572 g/mol. The molecule has 10 nitrogen and oxygen atoms in total. The number of anilines is 1. The second-order valence-electron chi connectivity index (χ2n) is 11.8. The summed E-state index contributed by atoms with van der Waals surface area (Å²) in [5, 5.41) is 23.1. The maximum Gasteiger partial charge on any atom is 0.235 e. The zero-order valence-electron chi connectivity index (χ0n) is 23.9. The van der Waals surface area contributed by atoms with Gasteiger partial charge in [-0.2, -0.15) is 0 Å². The van der Waals surface area contributed by atoms with E-state index in [1.165, 1.54) is 4.90 Å². The van der Waals surface area contributed by atoms with Gasteiger partial charge in [-0.1, -0.05) is 42.2 Å². The zero-order valence-corrected chi connectivity index (χ0v) is 23.9. The fraction of sp³-hybridized carbons (Fsp3) is 0.406. The molecular weight excluding hydrogens is 538 g/mol. The third-order valence-corrected chi connectivity index (χ3v) is 8.88. The molecule has 2 fully saturated rings. The summed E-state index contributed by atoms with van der Waals surface area (Å²) in [6.07, 6.45) is 0.593. The minimum absolute atomic E-state index is 0.00381. The van der Waals surface area contributed by atoms with Crippen molar-refractivity contribution in [2.75, 3.05) is 33.1 Å². The average Bonchev–Trinajstić information content (AvgIpc) is 2.92. The topological polar surface area (TPSA) is 158 Å². The number of hydrogen-bond donors (Lipinski definition) is 3. The number of primary amides is 1. The van der Waals surface area contributed by atoms with Crippen LogP contribution in [0, 0.1) is 35.5 Å². The number of ketones is 4. The maximum absolute atomic E-state index is 14.1. The predicted molar refractivity (Wildman–Crippen MR) is 153 cm³/mol. The molecule has 2 aromatic carbocycles. The van der Waals surface area contributed by atoms with E-state index in [0.717, 1.165) is 5.56 Å². The molecule has 3 aliphatic rings. The van der Waals surface area contributed by atoms with E-state index in [0.29, 0.717) is 17.7 Å². The van der Waals surface area contributed by atoms with Crippen molar-refractivity contribution in [1.29, 1.82) is 0 Å². The number of aromatic hydroxyl groups is 1. The van der Waals surface area contributed by atoms with Gasteiger partial charge in [0.05, 0.1) is 23.1 Å². The van der Waals surface area contributed by atoms with Crippen molar-refractivity contribution in [3.8, 4) is 17.6 Å². The van der Waals surface area contributed by atoms with Crippen LogP contribution in [0.4, 0.5) is 5.69 Å². The monoisotopic (exact) mass is 571 g/mol. The molecule has 0 saturated heterocycles. The van der Waals surface area contributed by atoms with Crippen LogP contribution >= 0.6 is 0 Å². The van der Waals surface area contributed by atoms with E-state index in [-0.39, 0.29) is 29.7 Å². The number of rotatable bonds is 4. The number of amides is 1. The van der Waals surface area contributed by atoms with Crippen LogP contribution in [0.1, 0.15) is 33.5 Å². The van der Waals surface area contributed by atoms with Crippen molar-refractivity contribution in [2.45, 2.75) is 30.9 Å². The van der Waals surface area contributed by atoms with Crippen LogP contribution in [0.2, 0.25) is 0 Å². The Balaban J connectivity index is 1.61. The third kappa shape index (κ3) is 4.32. The van der Waals surface area contributed by atoms with E-state index in [4.69, 9.17) is 5.73 Å². The number of carbonyl (C=O) groups excluding carboxylic acids is 5. The maximum atomic E-state index is 14.1. The normalized spacial score (nSPS) is 28.4. The van der Waals surface area contributed by atoms with E-state index in [1.807, 2.05) is 30.3 Å². The molecule has 6 atom stereocenters. The van der Waals surface area contributed by atoms with Crippen LogP contribution in [-0.2, 0) is 32.0 Å². The highest BCUT2D eigenvalue weighted by Crippen LogP contribution is 2.52. The zero-order chi connectivity index (χ0) is 30.7. The Hall–Kier alpha value is -4.33. The molecular formula is C32H33N3O7. The van der Waals surface area contributed by atoms with Crippen LogP contribution in [0.5, 0.6) is 5.75 Å². The Labute approximate surface area is 243 Å². The molecule has 42 heavy (non-hydrogen) atoms. The first-order valence-electron chi connectivity index (χ1n) is 13.7. The van der Waals surface area contributed by atoms with Crippen molar-refractivity contribution in [2.24, 2.45) is 29.4 Å². The van der Waals surface area contributed by atoms with Crippen molar-refractivity contribution in [3.63, 3.8) is 0 Å². The van der Waals surface area contributed by atoms with Crippen molar-refractivity contribution in [3.05, 3.63) is 58.7 Å². The first-order chi connectivity index (χ1) is 19.8. The molecule has 0 aliphatic heterocycles. The van der Waals surface area contributed by atoms with Gasteiger partial charge in [0.2, 0.25) is 5.91 Å². The number of likely N-dealkylation sites (N-methyl/N-ethyl adjacent to an activating group) is 1. The predicted octanol–water partition coefficient (Wildman–Crippen LogP) is 0.527. The molecule has 0 spiro atoms. The highest BCUT2D eigenvalue weighted by atomic mass is 16.3. The van der Waals surface area contributed by atoms with Gasteiger partial charge >= 0.3 is 0 Å². The number of fused-ring (bicyclic) bond motifs is 3. The highest BCUT2D eigenvalue weighted by molar-refractivity contribution is 6.32. The lowest BCUT2D eigenvalue weighted by Gasteiger charge is -2.52. The van der Waals surface area contributed by atoms with Gasteiger partial charge < -0.3 is 20.8 Å². The lowest BCUT2D eigenvalue weighted by atomic mass is 9.52. The Morgan fingerprint density at radius 1 is 1.07 bits per heavy atom. The molecule has 3 aliphatic carbocycles. The first-order valence-corrected chi connectivity index (χ1v) is 13.7. The van der Waals surface area contributed by atoms with Crippen molar-refractivity contribution < 1.29 is 34.2 Å². The van der Waals surface area contributed by atoms with Gasteiger partial charge in [0.25, 0.3) is 0 Å². The summed E-state index contributed by atoms with van der Waals surface area (Å²) >= 11 is 0. The van der Waals surface area contributed by atoms with Crippen LogP contribution in [0.25, 0.3) is 0 Å². The van der Waals surface area contributed by atoms with E-state index >= 15 is 0 Å². The summed E-state index contributed by atoms with van der Waals surface area (Å²) in [5.74, 6) is -4.80. The van der Waals surface area contributed by atoms with Crippen LogP contribution in [0.3, 0.4) is 0 Å².